The maximum atomic E-state index is 11.5. The smallest absolute Gasteiger partial charge is 0.417 e. The molecule has 3 rings (SSSR count). The lowest BCUT2D eigenvalue weighted by Crippen LogP contribution is -2.44. The molecule has 0 saturated carbocycles. The van der Waals surface area contributed by atoms with Crippen molar-refractivity contribution in [1.82, 2.24) is 4.98 Å². The quantitative estimate of drug-likeness (QED) is 0.516. The zero-order chi connectivity index (χ0) is 20.3. The lowest BCUT2D eigenvalue weighted by molar-refractivity contribution is -0.893. The summed E-state index contributed by atoms with van der Waals surface area (Å²) in [5, 5.41) is 20.7. The Bertz CT molecular complexity index is 988. The monoisotopic (exact) mass is 387 g/mol. The van der Waals surface area contributed by atoms with E-state index in [0.717, 1.165) is 18.7 Å². The predicted molar refractivity (Wildman–Crippen MR) is 107 cm³/mol. The first-order chi connectivity index (χ1) is 13.3. The van der Waals surface area contributed by atoms with Gasteiger partial charge in [0.25, 0.3) is 0 Å². The number of quaternary nitrogens is 1. The number of fused-ring (bicyclic) bond motifs is 1. The topological polar surface area (TPSA) is 95.7 Å². The largest absolute Gasteiger partial charge is 0.508 e. The van der Waals surface area contributed by atoms with Crippen LogP contribution in [0.4, 0.5) is 0 Å². The van der Waals surface area contributed by atoms with Crippen molar-refractivity contribution in [1.29, 1.82) is 0 Å². The summed E-state index contributed by atoms with van der Waals surface area (Å²) in [6, 6.07) is 10.9. The first kappa shape index (κ1) is 20.0. The first-order valence-corrected chi connectivity index (χ1v) is 9.35. The van der Waals surface area contributed by atoms with Gasteiger partial charge in [-0.15, -0.1) is 0 Å². The third-order valence-corrected chi connectivity index (χ3v) is 4.80. The molecule has 1 atom stereocenters. The molecule has 7 heteroatoms. The van der Waals surface area contributed by atoms with Gasteiger partial charge >= 0.3 is 5.76 Å². The lowest BCUT2D eigenvalue weighted by atomic mass is 10.1. The van der Waals surface area contributed by atoms with Gasteiger partial charge in [0.15, 0.2) is 5.58 Å². The highest BCUT2D eigenvalue weighted by Crippen LogP contribution is 2.29. The van der Waals surface area contributed by atoms with Crippen LogP contribution in [0.15, 0.2) is 45.6 Å². The summed E-state index contributed by atoms with van der Waals surface area (Å²) in [4.78, 5) is 14.0. The number of aromatic amines is 1. The van der Waals surface area contributed by atoms with Crippen LogP contribution in [0, 0.1) is 0 Å². The number of aliphatic hydroxyl groups excluding tert-OH is 1. The molecule has 150 valence electrons. The van der Waals surface area contributed by atoms with Gasteiger partial charge in [-0.2, -0.15) is 0 Å². The number of aliphatic hydroxyl groups is 1. The molecule has 2 aromatic carbocycles. The van der Waals surface area contributed by atoms with E-state index in [1.54, 1.807) is 0 Å². The van der Waals surface area contributed by atoms with E-state index in [4.69, 9.17) is 9.15 Å². The molecule has 0 aliphatic carbocycles. The van der Waals surface area contributed by atoms with Gasteiger partial charge in [-0.05, 0) is 30.7 Å². The van der Waals surface area contributed by atoms with Crippen molar-refractivity contribution >= 4 is 11.1 Å². The highest BCUT2D eigenvalue weighted by Gasteiger charge is 2.25. The van der Waals surface area contributed by atoms with E-state index in [0.29, 0.717) is 28.7 Å². The first-order valence-electron chi connectivity index (χ1n) is 9.35. The lowest BCUT2D eigenvalue weighted by Gasteiger charge is -2.32. The zero-order valence-corrected chi connectivity index (χ0v) is 16.4. The fraction of sp³-hybridized carbons (Fsp3) is 0.381. The number of phenols is 1. The fourth-order valence-electron chi connectivity index (χ4n) is 3.33. The molecule has 0 bridgehead atoms. The molecular weight excluding hydrogens is 360 g/mol. The average Bonchev–Trinajstić information content (AvgIpc) is 3.00. The number of aromatic nitrogens is 1. The second kappa shape index (κ2) is 8.08. The average molecular weight is 387 g/mol. The number of oxazole rings is 1. The van der Waals surface area contributed by atoms with E-state index in [2.05, 4.69) is 17.1 Å². The number of phenolic OH excluding ortho intramolecular Hbond substituents is 1. The van der Waals surface area contributed by atoms with Gasteiger partial charge in [0.2, 0.25) is 0 Å². The Morgan fingerprint density at radius 3 is 2.61 bits per heavy atom. The molecule has 1 aromatic heterocycles. The maximum absolute atomic E-state index is 11.5. The Balaban J connectivity index is 1.69. The summed E-state index contributed by atoms with van der Waals surface area (Å²) in [6.45, 7) is 3.82. The molecule has 0 fully saturated rings. The van der Waals surface area contributed by atoms with E-state index in [9.17, 15) is 15.0 Å². The predicted octanol–water partition coefficient (Wildman–Crippen LogP) is 2.58. The van der Waals surface area contributed by atoms with Crippen molar-refractivity contribution in [2.45, 2.75) is 19.4 Å². The van der Waals surface area contributed by atoms with E-state index in [1.165, 1.54) is 17.7 Å². The van der Waals surface area contributed by atoms with Crippen LogP contribution in [-0.4, -0.2) is 53.5 Å². The molecule has 3 aromatic rings. The molecule has 0 aliphatic rings. The van der Waals surface area contributed by atoms with Crippen LogP contribution in [0.1, 0.15) is 24.2 Å². The second-order valence-electron chi connectivity index (χ2n) is 7.61. The summed E-state index contributed by atoms with van der Waals surface area (Å²) in [5.41, 5.74) is 2.25. The number of rotatable bonds is 8. The minimum absolute atomic E-state index is 0.0294. The molecular formula is C21H27N2O5+. The second-order valence-corrected chi connectivity index (χ2v) is 7.61. The number of aromatic hydroxyl groups is 1. The number of H-pyrrole nitrogens is 1. The molecule has 1 unspecified atom stereocenters. The highest BCUT2D eigenvalue weighted by molar-refractivity contribution is 5.78. The Kier molecular flexibility index (Phi) is 5.76. The number of ether oxygens (including phenoxy) is 1. The standard InChI is InChI=1S/C21H26N2O5/c1-4-27-16-7-5-14(6-8-16)9-10-23(2,3)13-19(25)17-11-15(24)12-18-20(17)28-21(26)22-18/h5-8,11-12,19,25H,4,9-10,13H2,1-3H3,(H-,22,24,26)/p+1. The Morgan fingerprint density at radius 2 is 1.93 bits per heavy atom. The van der Waals surface area contributed by atoms with E-state index < -0.39 is 11.9 Å². The number of hydrogen-bond donors (Lipinski definition) is 3. The van der Waals surface area contributed by atoms with Gasteiger partial charge in [0.1, 0.15) is 24.1 Å². The SMILES string of the molecule is CCOc1ccc(CC[N+](C)(C)CC(O)c2cc(O)cc3[nH]c(=O)oc23)cc1. The van der Waals surface area contributed by atoms with Gasteiger partial charge in [0, 0.05) is 18.1 Å². The number of likely N-dealkylation sites (N-methyl/N-ethyl adjacent to an activating group) is 1. The highest BCUT2D eigenvalue weighted by atomic mass is 16.5. The summed E-state index contributed by atoms with van der Waals surface area (Å²) < 4.78 is 11.2. The third kappa shape index (κ3) is 4.74. The maximum Gasteiger partial charge on any atom is 0.417 e. The summed E-state index contributed by atoms with van der Waals surface area (Å²) >= 11 is 0. The van der Waals surface area contributed by atoms with Gasteiger partial charge < -0.3 is 23.9 Å². The Labute approximate surface area is 163 Å². The summed E-state index contributed by atoms with van der Waals surface area (Å²) in [5.74, 6) is 0.216. The van der Waals surface area contributed by atoms with E-state index in [-0.39, 0.29) is 11.3 Å². The van der Waals surface area contributed by atoms with Crippen molar-refractivity contribution in [2.75, 3.05) is 33.8 Å². The van der Waals surface area contributed by atoms with Gasteiger partial charge in [-0.25, -0.2) is 4.79 Å². The normalized spacial score (nSPS) is 13.0. The molecule has 0 aliphatic heterocycles. The fourth-order valence-corrected chi connectivity index (χ4v) is 3.33. The van der Waals surface area contributed by atoms with Crippen LogP contribution >= 0.6 is 0 Å². The van der Waals surface area contributed by atoms with E-state index >= 15 is 0 Å². The number of hydrogen-bond acceptors (Lipinski definition) is 5. The van der Waals surface area contributed by atoms with Crippen molar-refractivity contribution < 1.29 is 23.9 Å². The third-order valence-electron chi connectivity index (χ3n) is 4.80. The van der Waals surface area contributed by atoms with Gasteiger partial charge in [0.05, 0.1) is 32.8 Å². The minimum atomic E-state index is -0.885. The molecule has 0 amide bonds. The molecule has 3 N–H and O–H groups in total. The Hall–Kier alpha value is -2.77. The molecule has 0 saturated heterocycles. The van der Waals surface area contributed by atoms with Crippen LogP contribution in [-0.2, 0) is 6.42 Å². The molecule has 0 spiro atoms. The van der Waals surface area contributed by atoms with Crippen LogP contribution in [0.2, 0.25) is 0 Å². The van der Waals surface area contributed by atoms with Crippen LogP contribution < -0.4 is 10.5 Å². The van der Waals surface area contributed by atoms with Gasteiger partial charge in [-0.1, -0.05) is 12.1 Å². The summed E-state index contributed by atoms with van der Waals surface area (Å²) in [7, 11) is 4.07. The van der Waals surface area contributed by atoms with Crippen LogP contribution in [0.5, 0.6) is 11.5 Å². The van der Waals surface area contributed by atoms with Crippen molar-refractivity contribution in [3.63, 3.8) is 0 Å². The molecule has 28 heavy (non-hydrogen) atoms. The van der Waals surface area contributed by atoms with Gasteiger partial charge in [-0.3, -0.25) is 4.98 Å². The molecule has 1 heterocycles. The van der Waals surface area contributed by atoms with Crippen LogP contribution in [0.3, 0.4) is 0 Å². The number of benzene rings is 2. The van der Waals surface area contributed by atoms with Crippen molar-refractivity contribution in [2.24, 2.45) is 0 Å². The van der Waals surface area contributed by atoms with Crippen LogP contribution in [0.25, 0.3) is 11.1 Å². The molecule has 7 nitrogen and oxygen atoms in total. The zero-order valence-electron chi connectivity index (χ0n) is 16.4. The number of nitrogens with one attached hydrogen (secondary N) is 1. The minimum Gasteiger partial charge on any atom is -0.508 e. The molecule has 0 radical (unpaired) electrons. The Morgan fingerprint density at radius 1 is 1.21 bits per heavy atom. The summed E-state index contributed by atoms with van der Waals surface area (Å²) in [6.07, 6.45) is -0.0373. The van der Waals surface area contributed by atoms with Crippen molar-refractivity contribution in [3.05, 3.63) is 58.1 Å². The van der Waals surface area contributed by atoms with E-state index in [1.807, 2.05) is 33.2 Å². The van der Waals surface area contributed by atoms with Crippen molar-refractivity contribution in [3.8, 4) is 11.5 Å². The number of nitrogens with zero attached hydrogens (tertiary/aromatic N) is 1.